The first-order valence-electron chi connectivity index (χ1n) is 8.66. The van der Waals surface area contributed by atoms with Gasteiger partial charge in [-0.15, -0.1) is 0 Å². The molecule has 0 aliphatic heterocycles. The largest absolute Gasteiger partial charge is 0.496 e. The molecule has 0 fully saturated rings. The van der Waals surface area contributed by atoms with Gasteiger partial charge in [0.2, 0.25) is 0 Å². The molecule has 0 spiro atoms. The molecule has 0 amide bonds. The van der Waals surface area contributed by atoms with Gasteiger partial charge >= 0.3 is 5.97 Å². The van der Waals surface area contributed by atoms with Gasteiger partial charge in [0, 0.05) is 0 Å². The quantitative estimate of drug-likeness (QED) is 0.200. The maximum Gasteiger partial charge on any atom is 0.316 e. The number of ether oxygens (including phenoxy) is 3. The summed E-state index contributed by atoms with van der Waals surface area (Å²) in [5.41, 5.74) is 0.292. The number of esters is 1. The van der Waals surface area contributed by atoms with Gasteiger partial charge in [0.1, 0.15) is 23.0 Å². The number of rotatable bonds is 10. The molecule has 6 nitrogen and oxygen atoms in total. The second-order valence-electron chi connectivity index (χ2n) is 6.10. The smallest absolute Gasteiger partial charge is 0.316 e. The van der Waals surface area contributed by atoms with Crippen molar-refractivity contribution in [3.05, 3.63) is 23.8 Å². The van der Waals surface area contributed by atoms with Crippen molar-refractivity contribution in [1.29, 1.82) is 0 Å². The van der Waals surface area contributed by atoms with Gasteiger partial charge in [-0.2, -0.15) is 0 Å². The summed E-state index contributed by atoms with van der Waals surface area (Å²) in [6.45, 7) is 6.29. The molecule has 0 aliphatic rings. The molecule has 0 aromatic heterocycles. The van der Waals surface area contributed by atoms with Crippen LogP contribution in [0.2, 0.25) is 0 Å². The minimum Gasteiger partial charge on any atom is -0.496 e. The van der Waals surface area contributed by atoms with E-state index in [1.165, 1.54) is 14.2 Å². The van der Waals surface area contributed by atoms with Crippen molar-refractivity contribution >= 4 is 20.9 Å². The lowest BCUT2D eigenvalue weighted by atomic mass is 9.89. The number of carbonyl (C=O) groups excluding carboxylic acids is 2. The van der Waals surface area contributed by atoms with E-state index >= 15 is 0 Å². The fourth-order valence-electron chi connectivity index (χ4n) is 2.47. The third-order valence-electron chi connectivity index (χ3n) is 3.72. The summed E-state index contributed by atoms with van der Waals surface area (Å²) in [6.07, 6.45) is 2.13. The Kier molecular flexibility index (Phi) is 12.5. The van der Waals surface area contributed by atoms with Gasteiger partial charge in [-0.25, -0.2) is 0 Å². The first-order valence-corrected chi connectivity index (χ1v) is 9.24. The Morgan fingerprint density at radius 1 is 1.08 bits per heavy atom. The number of unbranched alkanes of at least 4 members (excludes halogenated alkanes) is 1. The molecular formula is C19H31O6P. The topological polar surface area (TPSA) is 78.9 Å². The van der Waals surface area contributed by atoms with Gasteiger partial charge in [-0.3, -0.25) is 9.59 Å². The van der Waals surface area contributed by atoms with Crippen LogP contribution in [0, 0.1) is 11.8 Å². The van der Waals surface area contributed by atoms with E-state index in [2.05, 4.69) is 0 Å². The monoisotopic (exact) mass is 386 g/mol. The van der Waals surface area contributed by atoms with Crippen LogP contribution >= 0.6 is 9.12 Å². The molecule has 148 valence electrons. The number of Topliss-reactive ketones (excluding diaryl/α,β-unsaturated/α-hetero) is 1. The molecule has 26 heavy (non-hydrogen) atoms. The Labute approximate surface area is 157 Å². The molecule has 2 atom stereocenters. The molecule has 0 bridgehead atoms. The van der Waals surface area contributed by atoms with Crippen LogP contribution in [0.25, 0.3) is 0 Å². The summed E-state index contributed by atoms with van der Waals surface area (Å²) in [7, 11) is 3.59. The van der Waals surface area contributed by atoms with E-state index in [0.717, 1.165) is 12.8 Å². The lowest BCUT2D eigenvalue weighted by Crippen LogP contribution is -2.28. The van der Waals surface area contributed by atoms with Gasteiger partial charge in [-0.05, 0) is 30.9 Å². The second kappa shape index (κ2) is 13.4. The summed E-state index contributed by atoms with van der Waals surface area (Å²) in [5, 5.41) is 0. The van der Waals surface area contributed by atoms with Crippen LogP contribution in [0.15, 0.2) is 18.2 Å². The molecule has 0 radical (unpaired) electrons. The predicted octanol–water partition coefficient (Wildman–Crippen LogP) is 3.83. The number of methoxy groups -OCH3 is 2. The van der Waals surface area contributed by atoms with Gasteiger partial charge in [0.05, 0.1) is 29.9 Å². The molecule has 0 N–H and O–H groups in total. The average Bonchev–Trinajstić information content (AvgIpc) is 2.66. The van der Waals surface area contributed by atoms with Crippen LogP contribution in [0.5, 0.6) is 11.5 Å². The number of carbonyl (C=O) groups is 2. The fraction of sp³-hybridized carbons (Fsp3) is 0.579. The normalized spacial score (nSPS) is 11.3. The van der Waals surface area contributed by atoms with E-state index in [1.54, 1.807) is 18.2 Å². The van der Waals surface area contributed by atoms with Crippen molar-refractivity contribution in [3.63, 3.8) is 0 Å². The zero-order valence-corrected chi connectivity index (χ0v) is 17.8. The number of hydrogen-bond acceptors (Lipinski definition) is 6. The van der Waals surface area contributed by atoms with E-state index < -0.39 is 11.9 Å². The van der Waals surface area contributed by atoms with Crippen LogP contribution < -0.4 is 9.47 Å². The van der Waals surface area contributed by atoms with E-state index in [4.69, 9.17) is 18.8 Å². The number of hydrogen-bond donors (Lipinski definition) is 0. The molecule has 0 aliphatic carbocycles. The molecule has 0 saturated heterocycles. The maximum absolute atomic E-state index is 13.1. The molecular weight excluding hydrogens is 355 g/mol. The zero-order chi connectivity index (χ0) is 20.1. The highest BCUT2D eigenvalue weighted by atomic mass is 31.0. The van der Waals surface area contributed by atoms with Gasteiger partial charge in [-0.1, -0.05) is 33.3 Å². The Hall–Kier alpha value is -1.81. The third kappa shape index (κ3) is 7.20. The van der Waals surface area contributed by atoms with Crippen molar-refractivity contribution in [3.8, 4) is 11.5 Å². The van der Waals surface area contributed by atoms with Crippen molar-refractivity contribution in [2.45, 2.75) is 40.0 Å². The molecule has 2 unspecified atom stereocenters. The molecule has 7 heteroatoms. The first-order chi connectivity index (χ1) is 12.5. The zero-order valence-electron chi connectivity index (χ0n) is 16.4. The molecule has 1 aromatic rings. The third-order valence-corrected chi connectivity index (χ3v) is 3.72. The van der Waals surface area contributed by atoms with E-state index in [-0.39, 0.29) is 11.7 Å². The summed E-state index contributed by atoms with van der Waals surface area (Å²) < 4.78 is 24.2. The predicted molar refractivity (Wildman–Crippen MR) is 104 cm³/mol. The van der Waals surface area contributed by atoms with Crippen LogP contribution in [0.1, 0.15) is 50.4 Å². The Morgan fingerprint density at radius 2 is 1.62 bits per heavy atom. The lowest BCUT2D eigenvalue weighted by Gasteiger charge is -2.19. The second-order valence-corrected chi connectivity index (χ2v) is 6.10. The molecule has 1 rings (SSSR count). The minimum atomic E-state index is -0.855. The van der Waals surface area contributed by atoms with Crippen LogP contribution in [0.4, 0.5) is 0 Å². The summed E-state index contributed by atoms with van der Waals surface area (Å²) in [6, 6.07) is 5.11. The van der Waals surface area contributed by atoms with Crippen molar-refractivity contribution in [2.24, 2.45) is 11.8 Å². The molecule has 0 saturated carbocycles. The van der Waals surface area contributed by atoms with Crippen LogP contribution in [-0.2, 0) is 14.1 Å². The molecule has 0 heterocycles. The van der Waals surface area contributed by atoms with Gasteiger partial charge in [0.15, 0.2) is 5.78 Å². The molecule has 1 aromatic carbocycles. The maximum atomic E-state index is 13.1. The summed E-state index contributed by atoms with van der Waals surface area (Å²) in [4.78, 5) is 25.5. The van der Waals surface area contributed by atoms with Crippen molar-refractivity contribution in [2.75, 3.05) is 20.8 Å². The Morgan fingerprint density at radius 3 is 2.04 bits per heavy atom. The van der Waals surface area contributed by atoms with Gasteiger partial charge < -0.3 is 18.8 Å². The average molecular weight is 386 g/mol. The summed E-state index contributed by atoms with van der Waals surface area (Å²) >= 11 is 0. The number of ketones is 1. The van der Waals surface area contributed by atoms with Crippen LogP contribution in [0.3, 0.4) is 0 Å². The lowest BCUT2D eigenvalue weighted by molar-refractivity contribution is -0.147. The highest BCUT2D eigenvalue weighted by Gasteiger charge is 2.33. The van der Waals surface area contributed by atoms with E-state index in [1.807, 2.05) is 20.8 Å². The standard InChI is InChI=1S/C19H28O5.H3OP/c1-6-7-11-24-19(21)14(12-13(2)3)18(20)17-15(22-4)9-8-10-16(17)23-5;1-2/h8-10,13-14H,6-7,11-12H2,1-5H3;2H3. The van der Waals surface area contributed by atoms with E-state index in [0.29, 0.717) is 39.2 Å². The van der Waals surface area contributed by atoms with Gasteiger partial charge in [0.25, 0.3) is 0 Å². The highest BCUT2D eigenvalue weighted by molar-refractivity contribution is 7.00. The fourth-order valence-corrected chi connectivity index (χ4v) is 2.47. The minimum absolute atomic E-state index is 0.179. The van der Waals surface area contributed by atoms with Crippen molar-refractivity contribution in [1.82, 2.24) is 0 Å². The Balaban J connectivity index is 0.00000301. The number of benzene rings is 1. The first kappa shape index (κ1) is 24.2. The highest BCUT2D eigenvalue weighted by Crippen LogP contribution is 2.32. The van der Waals surface area contributed by atoms with Crippen LogP contribution in [-0.4, -0.2) is 32.6 Å². The summed E-state index contributed by atoms with van der Waals surface area (Å²) in [5.74, 6) is -0.677. The SMILES string of the molecule is CCCCOC(=O)C(CC(C)C)C(=O)c1c(OC)cccc1OC.O=[PH3]. The Bertz CT molecular complexity index is 551. The van der Waals surface area contributed by atoms with E-state index in [9.17, 15) is 9.59 Å². The van der Waals surface area contributed by atoms with Crippen molar-refractivity contribution < 1.29 is 28.4 Å².